The summed E-state index contributed by atoms with van der Waals surface area (Å²) < 4.78 is 349. The summed E-state index contributed by atoms with van der Waals surface area (Å²) in [6.07, 6.45) is -50.9. The summed E-state index contributed by atoms with van der Waals surface area (Å²) in [5, 5.41) is 0. The minimum atomic E-state index is -5.70. The monoisotopic (exact) mass is 1100 g/mol. The second-order valence-electron chi connectivity index (χ2n) is 16.8. The molecule has 0 aromatic heterocycles. The first-order valence-corrected chi connectivity index (χ1v) is 37.2. The molecule has 0 radical (unpaired) electrons. The van der Waals surface area contributed by atoms with E-state index in [0.29, 0.717) is 0 Å². The SMILES string of the molecule is C[Si]12C[Si]3(CCC(F)(F)F)O[Si]4(CCC(F)(F)F)C[Si]5(CCC(F)(F)F)O[Si](CCC(F)(F)F)(C[Si](CCC(F)(F)F)(O1)O4)O[Si](CCC(F)(F)F)(C[Si](CCC(F)(F)F)(O3)O5)O2. The van der Waals surface area contributed by atoms with Crippen molar-refractivity contribution in [3.8, 4) is 0 Å². The molecular formula is C26H39F21O8Si8. The fourth-order valence-corrected chi connectivity index (χ4v) is 79.9. The first-order valence-electron chi connectivity index (χ1n) is 19.0. The molecule has 0 amide bonds. The molecule has 0 N–H and O–H groups in total. The van der Waals surface area contributed by atoms with Gasteiger partial charge in [0.2, 0.25) is 0 Å². The molecule has 8 bridgehead atoms. The molecule has 0 aromatic carbocycles. The molecule has 8 nitrogen and oxygen atoms in total. The van der Waals surface area contributed by atoms with Gasteiger partial charge in [-0.15, -0.1) is 0 Å². The van der Waals surface area contributed by atoms with Crippen molar-refractivity contribution in [3.05, 3.63) is 0 Å². The second-order valence-corrected chi connectivity index (χ2v) is 47.5. The van der Waals surface area contributed by atoms with Crippen LogP contribution in [0.5, 0.6) is 0 Å². The zero-order chi connectivity index (χ0) is 47.9. The van der Waals surface area contributed by atoms with E-state index in [1.807, 2.05) is 0 Å². The Morgan fingerprint density at radius 1 is 0.254 bits per heavy atom. The lowest BCUT2D eigenvalue weighted by Crippen LogP contribution is -2.84. The molecule has 0 saturated carbocycles. The zero-order valence-electron chi connectivity index (χ0n) is 32.4. The van der Waals surface area contributed by atoms with E-state index >= 15 is 0 Å². The molecule has 0 spiro atoms. The van der Waals surface area contributed by atoms with Gasteiger partial charge in [-0.3, -0.25) is 0 Å². The van der Waals surface area contributed by atoms with Crippen LogP contribution in [-0.2, 0) is 32.9 Å². The third kappa shape index (κ3) is 15.2. The number of alkyl halides is 21. The van der Waals surface area contributed by atoms with Crippen molar-refractivity contribution in [2.45, 2.75) is 160 Å². The summed E-state index contributed by atoms with van der Waals surface area (Å²) in [4.78, 5) is 0. The van der Waals surface area contributed by atoms with Crippen LogP contribution >= 0.6 is 0 Å². The fourth-order valence-electron chi connectivity index (χ4n) is 8.94. The summed E-state index contributed by atoms with van der Waals surface area (Å²) in [5.74, 6) is 0. The zero-order valence-corrected chi connectivity index (χ0v) is 40.4. The van der Waals surface area contributed by atoms with E-state index in [1.54, 1.807) is 0 Å². The van der Waals surface area contributed by atoms with Crippen LogP contribution in [0.1, 0.15) is 44.9 Å². The average Bonchev–Trinajstić information content (AvgIpc) is 3.00. The highest BCUT2D eigenvalue weighted by Gasteiger charge is 2.79. The van der Waals surface area contributed by atoms with Gasteiger partial charge in [-0.1, -0.05) is 0 Å². The van der Waals surface area contributed by atoms with Crippen LogP contribution in [0.25, 0.3) is 0 Å². The van der Waals surface area contributed by atoms with Crippen molar-refractivity contribution >= 4 is 68.5 Å². The summed E-state index contributed by atoms with van der Waals surface area (Å²) >= 11 is 0. The maximum atomic E-state index is 14.2. The molecule has 6 aliphatic heterocycles. The van der Waals surface area contributed by atoms with Crippen LogP contribution in [0.3, 0.4) is 0 Å². The standard InChI is InChI=1S/C26H39F21O8Si8/c1-56-16-57(9-2-20(27,28)29)50-60(12-5-23(36,37)38)17-58(48-56,10-3-21(30,31)32)52-61(13-6-24(39,40)41)18-59(49-56,11-4-22(33,34)35)53-62(51-57,14-7-25(42,43)44)19-63(54-60,55-61)15-8-26(45,46)47/h2-19H2,1H3. The molecule has 370 valence electrons. The van der Waals surface area contributed by atoms with E-state index < -0.39 is 222 Å². The highest BCUT2D eigenvalue weighted by molar-refractivity contribution is 7.13. The van der Waals surface area contributed by atoms with Gasteiger partial charge in [0.05, 0.1) is 0 Å². The minimum absolute atomic E-state index is 0.910. The third-order valence-electron chi connectivity index (χ3n) is 10.8. The van der Waals surface area contributed by atoms with Gasteiger partial charge in [0, 0.05) is 67.6 Å². The Bertz CT molecular complexity index is 1440. The van der Waals surface area contributed by atoms with Crippen LogP contribution in [0, 0.1) is 0 Å². The number of halogens is 21. The van der Waals surface area contributed by atoms with Crippen molar-refractivity contribution in [3.63, 3.8) is 0 Å². The summed E-state index contributed by atoms with van der Waals surface area (Å²) in [6, 6.07) is -10.5. The quantitative estimate of drug-likeness (QED) is 0.126. The molecule has 63 heavy (non-hydrogen) atoms. The lowest BCUT2D eigenvalue weighted by molar-refractivity contribution is -0.132. The lowest BCUT2D eigenvalue weighted by Gasteiger charge is -2.65. The molecular weight excluding hydrogens is 1060 g/mol. The molecule has 0 aromatic rings. The van der Waals surface area contributed by atoms with Crippen LogP contribution in [0.4, 0.5) is 92.2 Å². The van der Waals surface area contributed by atoms with Gasteiger partial charge in [-0.05, 0) is 48.9 Å². The van der Waals surface area contributed by atoms with E-state index in [9.17, 15) is 92.2 Å². The first-order chi connectivity index (χ1) is 27.9. The fraction of sp³-hybridized carbons (Fsp3) is 1.00. The highest BCUT2D eigenvalue weighted by Crippen LogP contribution is 2.60. The first kappa shape index (κ1) is 53.9. The maximum absolute atomic E-state index is 14.2. The number of hydrogen-bond donors (Lipinski definition) is 0. The Balaban J connectivity index is 1.95. The van der Waals surface area contributed by atoms with Crippen molar-refractivity contribution in [2.75, 3.05) is 0 Å². The maximum Gasteiger partial charge on any atom is 0.389 e. The Hall–Kier alpha value is -0.0549. The normalized spacial score (nSPS) is 38.0. The molecule has 0 aliphatic carbocycles. The van der Waals surface area contributed by atoms with Gasteiger partial charge in [0.15, 0.2) is 0 Å². The van der Waals surface area contributed by atoms with Crippen LogP contribution in [0.15, 0.2) is 0 Å². The van der Waals surface area contributed by atoms with Gasteiger partial charge in [-0.2, -0.15) is 92.2 Å². The van der Waals surface area contributed by atoms with Crippen LogP contribution < -0.4 is 0 Å². The molecule has 6 fully saturated rings. The highest BCUT2D eigenvalue weighted by atomic mass is 28.6. The van der Waals surface area contributed by atoms with Crippen LogP contribution in [0.2, 0.25) is 71.5 Å². The molecule has 6 saturated heterocycles. The van der Waals surface area contributed by atoms with Gasteiger partial charge in [0.25, 0.3) is 0 Å². The predicted molar refractivity (Wildman–Crippen MR) is 188 cm³/mol. The topological polar surface area (TPSA) is 73.8 Å². The Labute approximate surface area is 352 Å². The third-order valence-corrected chi connectivity index (χ3v) is 59.8. The van der Waals surface area contributed by atoms with E-state index in [0.717, 1.165) is 6.55 Å². The van der Waals surface area contributed by atoms with Gasteiger partial charge in [0.1, 0.15) is 0 Å². The van der Waals surface area contributed by atoms with Crippen molar-refractivity contribution in [1.29, 1.82) is 0 Å². The molecule has 6 heterocycles. The predicted octanol–water partition coefficient (Wildman–Crippen LogP) is 12.2. The van der Waals surface area contributed by atoms with Crippen molar-refractivity contribution in [1.82, 2.24) is 0 Å². The van der Waals surface area contributed by atoms with E-state index in [1.165, 1.54) is 0 Å². The van der Waals surface area contributed by atoms with Gasteiger partial charge in [-0.25, -0.2) is 0 Å². The molecule has 8 unspecified atom stereocenters. The Kier molecular flexibility index (Phi) is 14.6. The van der Waals surface area contributed by atoms with Gasteiger partial charge >= 0.3 is 112 Å². The van der Waals surface area contributed by atoms with Crippen molar-refractivity contribution < 1.29 is 125 Å². The second kappa shape index (κ2) is 17.1. The minimum Gasteiger partial charge on any atom is -0.416 e. The summed E-state index contributed by atoms with van der Waals surface area (Å²) in [7, 11) is -43.8. The largest absolute Gasteiger partial charge is 0.416 e. The number of rotatable bonds is 14. The molecule has 6 aliphatic rings. The Morgan fingerprint density at radius 3 is 0.556 bits per heavy atom. The average molecular weight is 1100 g/mol. The number of hydrogen-bond acceptors (Lipinski definition) is 8. The van der Waals surface area contributed by atoms with E-state index in [2.05, 4.69) is 0 Å². The molecule has 37 heteroatoms. The summed E-state index contributed by atoms with van der Waals surface area (Å²) in [5.41, 5.74) is -5.45. The van der Waals surface area contributed by atoms with Crippen molar-refractivity contribution in [2.24, 2.45) is 0 Å². The van der Waals surface area contributed by atoms with Crippen LogP contribution in [-0.4, -0.2) is 112 Å². The van der Waals surface area contributed by atoms with Gasteiger partial charge < -0.3 is 32.9 Å². The summed E-state index contributed by atoms with van der Waals surface area (Å²) in [6.45, 7) is 0.910. The molecule has 8 atom stereocenters. The lowest BCUT2D eigenvalue weighted by atomic mass is 10.5. The Morgan fingerprint density at radius 2 is 0.397 bits per heavy atom. The van der Waals surface area contributed by atoms with E-state index in [-0.39, 0.29) is 0 Å². The smallest absolute Gasteiger partial charge is 0.389 e. The molecule has 6 rings (SSSR count). The van der Waals surface area contributed by atoms with E-state index in [4.69, 9.17) is 32.9 Å².